The minimum absolute atomic E-state index is 0.246. The Morgan fingerprint density at radius 1 is 1.19 bits per heavy atom. The highest BCUT2D eigenvalue weighted by molar-refractivity contribution is 5.79. The Kier molecular flexibility index (Phi) is 7.09. The average Bonchev–Trinajstić information content (AvgIpc) is 3.13. The summed E-state index contributed by atoms with van der Waals surface area (Å²) in [5.74, 6) is 0.602. The molecule has 0 bridgehead atoms. The van der Waals surface area contributed by atoms with Gasteiger partial charge in [-0.15, -0.1) is 0 Å². The normalized spacial score (nSPS) is 16.0. The topological polar surface area (TPSA) is 51.9 Å². The summed E-state index contributed by atoms with van der Waals surface area (Å²) < 4.78 is 41.8. The molecule has 1 fully saturated rings. The van der Waals surface area contributed by atoms with Crippen molar-refractivity contribution in [3.8, 4) is 0 Å². The molecule has 1 aromatic heterocycles. The maximum atomic E-state index is 13.4. The fourth-order valence-electron chi connectivity index (χ4n) is 3.72. The average molecular weight is 438 g/mol. The predicted molar refractivity (Wildman–Crippen MR) is 116 cm³/mol. The molecule has 1 aliphatic rings. The maximum Gasteiger partial charge on any atom is 0.416 e. The van der Waals surface area contributed by atoms with Crippen molar-refractivity contribution in [1.29, 1.82) is 0 Å². The van der Waals surface area contributed by atoms with Gasteiger partial charge >= 0.3 is 6.18 Å². The molecule has 0 radical (unpaired) electrons. The molecule has 170 valence electrons. The summed E-state index contributed by atoms with van der Waals surface area (Å²) in [5, 5.41) is 7.39. The van der Waals surface area contributed by atoms with Crippen molar-refractivity contribution >= 4 is 11.6 Å². The zero-order chi connectivity index (χ0) is 22.6. The number of benzene rings is 1. The lowest BCUT2D eigenvalue weighted by molar-refractivity contribution is -0.137. The Balaban J connectivity index is 1.77. The molecule has 31 heavy (non-hydrogen) atoms. The van der Waals surface area contributed by atoms with Crippen LogP contribution in [0.4, 0.5) is 18.9 Å². The van der Waals surface area contributed by atoms with Crippen LogP contribution in [0, 0.1) is 0 Å². The molecule has 1 aromatic carbocycles. The van der Waals surface area contributed by atoms with E-state index in [4.69, 9.17) is 0 Å². The van der Waals surface area contributed by atoms with Crippen molar-refractivity contribution in [1.82, 2.24) is 24.9 Å². The Morgan fingerprint density at radius 3 is 2.48 bits per heavy atom. The smallest absolute Gasteiger partial charge is 0.369 e. The van der Waals surface area contributed by atoms with Gasteiger partial charge < -0.3 is 20.0 Å². The van der Waals surface area contributed by atoms with Gasteiger partial charge in [0.25, 0.3) is 0 Å². The van der Waals surface area contributed by atoms with Gasteiger partial charge in [0.1, 0.15) is 0 Å². The molecule has 2 aromatic rings. The summed E-state index contributed by atoms with van der Waals surface area (Å²) >= 11 is 0. The summed E-state index contributed by atoms with van der Waals surface area (Å²) in [6, 6.07) is 4.00. The molecule has 3 rings (SSSR count). The fourth-order valence-corrected chi connectivity index (χ4v) is 3.72. The van der Waals surface area contributed by atoms with Crippen LogP contribution >= 0.6 is 0 Å². The summed E-state index contributed by atoms with van der Waals surface area (Å²) in [6.45, 7) is 4.15. The molecule has 1 N–H and O–H groups in total. The molecule has 0 aliphatic carbocycles. The molecule has 0 unspecified atom stereocenters. The third-order valence-electron chi connectivity index (χ3n) is 5.44. The number of aromatic nitrogens is 2. The van der Waals surface area contributed by atoms with Gasteiger partial charge in [0.05, 0.1) is 11.8 Å². The summed E-state index contributed by atoms with van der Waals surface area (Å²) in [6.07, 6.45) is -0.682. The number of hydrogen-bond acceptors (Lipinski definition) is 4. The number of anilines is 1. The van der Waals surface area contributed by atoms with E-state index in [1.54, 1.807) is 24.0 Å². The van der Waals surface area contributed by atoms with Crippen LogP contribution in [0.1, 0.15) is 16.7 Å². The van der Waals surface area contributed by atoms with E-state index in [1.165, 1.54) is 12.1 Å². The molecule has 7 nitrogen and oxygen atoms in total. The number of hydrogen-bond donors (Lipinski definition) is 1. The molecular weight excluding hydrogens is 407 g/mol. The van der Waals surface area contributed by atoms with Crippen LogP contribution in [0.15, 0.2) is 35.6 Å². The molecule has 1 saturated heterocycles. The van der Waals surface area contributed by atoms with Gasteiger partial charge in [0, 0.05) is 77.9 Å². The van der Waals surface area contributed by atoms with Gasteiger partial charge in [-0.3, -0.25) is 9.67 Å². The molecule has 10 heteroatoms. The third kappa shape index (κ3) is 5.90. The summed E-state index contributed by atoms with van der Waals surface area (Å²) in [5.41, 5.74) is 1.82. The number of alkyl halides is 3. The molecule has 1 aliphatic heterocycles. The van der Waals surface area contributed by atoms with E-state index in [1.807, 2.05) is 25.2 Å². The zero-order valence-corrected chi connectivity index (χ0v) is 18.4. The number of aliphatic imine (C=N–C) groups is 1. The van der Waals surface area contributed by atoms with E-state index < -0.39 is 11.7 Å². The van der Waals surface area contributed by atoms with Crippen molar-refractivity contribution in [3.63, 3.8) is 0 Å². The number of piperazine rings is 1. The molecule has 0 amide bonds. The first kappa shape index (κ1) is 22.9. The van der Waals surface area contributed by atoms with Gasteiger partial charge in [0.15, 0.2) is 5.96 Å². The van der Waals surface area contributed by atoms with Crippen LogP contribution in [0.5, 0.6) is 0 Å². The quantitative estimate of drug-likeness (QED) is 0.575. The lowest BCUT2D eigenvalue weighted by atomic mass is 10.1. The Labute approximate surface area is 181 Å². The van der Waals surface area contributed by atoms with Crippen LogP contribution in [-0.2, 0) is 26.3 Å². The Hall–Kier alpha value is -2.75. The fraction of sp³-hybridized carbons (Fsp3) is 0.524. The number of guanidine groups is 1. The first-order valence-corrected chi connectivity index (χ1v) is 10.2. The van der Waals surface area contributed by atoms with Gasteiger partial charge in [-0.1, -0.05) is 0 Å². The van der Waals surface area contributed by atoms with Crippen LogP contribution in [-0.4, -0.2) is 72.9 Å². The van der Waals surface area contributed by atoms with Crippen LogP contribution in [0.2, 0.25) is 0 Å². The van der Waals surface area contributed by atoms with Gasteiger partial charge in [-0.2, -0.15) is 18.3 Å². The monoisotopic (exact) mass is 437 g/mol. The number of halogens is 3. The predicted octanol–water partition coefficient (Wildman–Crippen LogP) is 2.40. The summed E-state index contributed by atoms with van der Waals surface area (Å²) in [4.78, 5) is 10.6. The molecular formula is C21H30F3N7. The second kappa shape index (κ2) is 9.59. The third-order valence-corrected chi connectivity index (χ3v) is 5.44. The van der Waals surface area contributed by atoms with Crippen LogP contribution < -0.4 is 10.2 Å². The lowest BCUT2D eigenvalue weighted by Crippen LogP contribution is -2.45. The minimum atomic E-state index is -4.38. The van der Waals surface area contributed by atoms with E-state index in [9.17, 15) is 13.2 Å². The second-order valence-corrected chi connectivity index (χ2v) is 7.91. The Morgan fingerprint density at radius 2 is 1.90 bits per heavy atom. The minimum Gasteiger partial charge on any atom is -0.369 e. The van der Waals surface area contributed by atoms with Crippen LogP contribution in [0.25, 0.3) is 0 Å². The van der Waals surface area contributed by atoms with E-state index in [0.717, 1.165) is 37.4 Å². The maximum absolute atomic E-state index is 13.4. The van der Waals surface area contributed by atoms with Crippen molar-refractivity contribution in [2.45, 2.75) is 19.3 Å². The SMILES string of the molecule is CN=C(NCc1cc(C(F)(F)F)ccc1N1CCN(C)CC1)N(C)Cc1cnn(C)c1. The van der Waals surface area contributed by atoms with Gasteiger partial charge in [0.2, 0.25) is 0 Å². The number of likely N-dealkylation sites (N-methyl/N-ethyl adjacent to an activating group) is 1. The highest BCUT2D eigenvalue weighted by atomic mass is 19.4. The van der Waals surface area contributed by atoms with Gasteiger partial charge in [-0.05, 0) is 30.8 Å². The van der Waals surface area contributed by atoms with E-state index in [-0.39, 0.29) is 6.54 Å². The van der Waals surface area contributed by atoms with Crippen molar-refractivity contribution in [2.75, 3.05) is 52.2 Å². The standard InChI is InChI=1S/C21H30F3N7/c1-25-20(29(3)14-16-12-27-30(4)15-16)26-13-17-11-18(21(22,23)24)5-6-19(17)31-9-7-28(2)8-10-31/h5-6,11-12,15H,7-10,13-14H2,1-4H3,(H,25,26). The van der Waals surface area contributed by atoms with Crippen LogP contribution in [0.3, 0.4) is 0 Å². The van der Waals surface area contributed by atoms with Crippen molar-refractivity contribution < 1.29 is 13.2 Å². The largest absolute Gasteiger partial charge is 0.416 e. The number of nitrogens with one attached hydrogen (secondary N) is 1. The molecule has 0 atom stereocenters. The zero-order valence-electron chi connectivity index (χ0n) is 18.4. The second-order valence-electron chi connectivity index (χ2n) is 7.91. The summed E-state index contributed by atoms with van der Waals surface area (Å²) in [7, 11) is 7.45. The first-order valence-electron chi connectivity index (χ1n) is 10.2. The Bertz CT molecular complexity index is 899. The van der Waals surface area contributed by atoms with Gasteiger partial charge in [-0.25, -0.2) is 0 Å². The first-order chi connectivity index (χ1) is 14.7. The highest BCUT2D eigenvalue weighted by Crippen LogP contribution is 2.33. The number of aryl methyl sites for hydroxylation is 1. The molecule has 2 heterocycles. The van der Waals surface area contributed by atoms with Crippen molar-refractivity contribution in [2.24, 2.45) is 12.0 Å². The highest BCUT2D eigenvalue weighted by Gasteiger charge is 2.31. The number of nitrogens with zero attached hydrogens (tertiary/aromatic N) is 6. The molecule has 0 spiro atoms. The molecule has 0 saturated carbocycles. The number of rotatable bonds is 5. The van der Waals surface area contributed by atoms with E-state index in [0.29, 0.717) is 18.1 Å². The van der Waals surface area contributed by atoms with E-state index >= 15 is 0 Å². The lowest BCUT2D eigenvalue weighted by Gasteiger charge is -2.35. The van der Waals surface area contributed by atoms with E-state index in [2.05, 4.69) is 32.3 Å². The van der Waals surface area contributed by atoms with Crippen molar-refractivity contribution in [3.05, 3.63) is 47.3 Å².